The third-order valence-electron chi connectivity index (χ3n) is 3.83. The predicted octanol–water partition coefficient (Wildman–Crippen LogP) is -0.168. The van der Waals surface area contributed by atoms with Crippen LogP contribution in [0.15, 0.2) is 10.6 Å². The van der Waals surface area contributed by atoms with E-state index in [4.69, 9.17) is 5.73 Å². The fraction of sp³-hybridized carbons (Fsp3) is 0.667. The number of hydrogen-bond acceptors (Lipinski definition) is 5. The fourth-order valence-corrected chi connectivity index (χ4v) is 4.04. The second kappa shape index (κ2) is 5.15. The molecule has 0 aromatic carbocycles. The third kappa shape index (κ3) is 1.96. The zero-order valence-corrected chi connectivity index (χ0v) is 11.7. The number of carbonyl (C=O) groups excluding carboxylic acids is 1. The predicted molar refractivity (Wildman–Crippen MR) is 71.1 cm³/mol. The van der Waals surface area contributed by atoms with Gasteiger partial charge in [-0.25, -0.2) is 4.79 Å². The van der Waals surface area contributed by atoms with Crippen LogP contribution < -0.4 is 5.73 Å². The molecule has 2 rings (SSSR count). The van der Waals surface area contributed by atoms with Crippen LogP contribution >= 0.6 is 11.8 Å². The number of carboxylic acids is 1. The Balaban J connectivity index is 2.41. The van der Waals surface area contributed by atoms with E-state index >= 15 is 0 Å². The van der Waals surface area contributed by atoms with Gasteiger partial charge in [-0.05, 0) is 26.1 Å². The summed E-state index contributed by atoms with van der Waals surface area (Å²) in [4.78, 5) is 25.4. The Morgan fingerprint density at radius 1 is 1.58 bits per heavy atom. The van der Waals surface area contributed by atoms with E-state index in [0.717, 1.165) is 0 Å². The summed E-state index contributed by atoms with van der Waals surface area (Å²) >= 11 is 1.35. The molecule has 1 saturated heterocycles. The Labute approximate surface area is 115 Å². The molecule has 0 saturated carbocycles. The van der Waals surface area contributed by atoms with E-state index in [1.165, 1.54) is 16.7 Å². The lowest BCUT2D eigenvalue weighted by atomic mass is 9.77. The maximum Gasteiger partial charge on any atom is 0.353 e. The molecule has 0 radical (unpaired) electrons. The highest BCUT2D eigenvalue weighted by molar-refractivity contribution is 8.02. The Morgan fingerprint density at radius 2 is 2.21 bits per heavy atom. The molecule has 7 heteroatoms. The number of carbonyl (C=O) groups is 2. The normalized spacial score (nSPS) is 31.3. The highest BCUT2D eigenvalue weighted by Gasteiger charge is 2.60. The number of nitrogens with two attached hydrogens (primary N) is 1. The first kappa shape index (κ1) is 14.4. The topological polar surface area (TPSA) is 104 Å². The monoisotopic (exact) mass is 286 g/mol. The highest BCUT2D eigenvalue weighted by atomic mass is 32.2. The molecule has 2 heterocycles. The van der Waals surface area contributed by atoms with Gasteiger partial charge in [0.1, 0.15) is 5.70 Å². The van der Waals surface area contributed by atoms with E-state index < -0.39 is 18.0 Å². The molecule has 1 amide bonds. The molecule has 19 heavy (non-hydrogen) atoms. The average Bonchev–Trinajstić information content (AvgIpc) is 2.59. The van der Waals surface area contributed by atoms with Crippen LogP contribution in [0.3, 0.4) is 0 Å². The van der Waals surface area contributed by atoms with Crippen LogP contribution in [0.5, 0.6) is 0 Å². The summed E-state index contributed by atoms with van der Waals surface area (Å²) in [5, 5.41) is 19.0. The van der Waals surface area contributed by atoms with Gasteiger partial charge in [0.05, 0.1) is 18.1 Å². The van der Waals surface area contributed by atoms with Crippen LogP contribution in [-0.2, 0) is 9.59 Å². The number of thioether (sulfide) groups is 1. The lowest BCUT2D eigenvalue weighted by molar-refractivity contribution is -0.163. The Bertz CT molecular complexity index is 449. The summed E-state index contributed by atoms with van der Waals surface area (Å²) < 4.78 is 0. The molecule has 0 unspecified atom stereocenters. The maximum atomic E-state index is 12.0. The van der Waals surface area contributed by atoms with Gasteiger partial charge in [0.25, 0.3) is 0 Å². The van der Waals surface area contributed by atoms with Gasteiger partial charge in [-0.1, -0.05) is 0 Å². The first-order valence-corrected chi connectivity index (χ1v) is 7.40. The van der Waals surface area contributed by atoms with Gasteiger partial charge in [-0.3, -0.25) is 4.79 Å². The van der Waals surface area contributed by atoms with Crippen molar-refractivity contribution in [2.45, 2.75) is 25.5 Å². The Morgan fingerprint density at radius 3 is 2.63 bits per heavy atom. The van der Waals surface area contributed by atoms with Gasteiger partial charge < -0.3 is 20.8 Å². The molecule has 0 spiro atoms. The van der Waals surface area contributed by atoms with Gasteiger partial charge >= 0.3 is 5.97 Å². The van der Waals surface area contributed by atoms with Crippen molar-refractivity contribution in [1.29, 1.82) is 0 Å². The van der Waals surface area contributed by atoms with E-state index in [0.29, 0.717) is 17.9 Å². The van der Waals surface area contributed by atoms with Gasteiger partial charge in [0.15, 0.2) is 0 Å². The molecular formula is C12H18N2O4S. The van der Waals surface area contributed by atoms with E-state index in [2.05, 4.69) is 0 Å². The van der Waals surface area contributed by atoms with Gasteiger partial charge in [-0.15, -0.1) is 11.8 Å². The van der Waals surface area contributed by atoms with Crippen molar-refractivity contribution in [1.82, 2.24) is 4.90 Å². The number of aliphatic hydroxyl groups excluding tert-OH is 1. The summed E-state index contributed by atoms with van der Waals surface area (Å²) in [5.74, 6) is -1.99. The molecule has 0 aliphatic carbocycles. The summed E-state index contributed by atoms with van der Waals surface area (Å²) in [6, 6.07) is -0.260. The molecule has 2 aliphatic heterocycles. The highest BCUT2D eigenvalue weighted by Crippen LogP contribution is 2.51. The first-order valence-electron chi connectivity index (χ1n) is 6.18. The van der Waals surface area contributed by atoms with Crippen molar-refractivity contribution in [2.75, 3.05) is 12.8 Å². The molecule has 2 aliphatic rings. The average molecular weight is 286 g/mol. The number of aliphatic carboxylic acids is 1. The Kier molecular flexibility index (Phi) is 3.89. The molecule has 106 valence electrons. The Hall–Kier alpha value is -1.05. The van der Waals surface area contributed by atoms with E-state index in [1.54, 1.807) is 13.2 Å². The number of carboxylic acid groups (broad SMARTS) is 1. The van der Waals surface area contributed by atoms with Gasteiger partial charge in [-0.2, -0.15) is 0 Å². The van der Waals surface area contributed by atoms with Crippen molar-refractivity contribution < 1.29 is 19.8 Å². The number of hydrogen-bond donors (Lipinski definition) is 3. The summed E-state index contributed by atoms with van der Waals surface area (Å²) in [5.41, 5.74) is 5.66. The van der Waals surface area contributed by atoms with Crippen molar-refractivity contribution in [3.8, 4) is 0 Å². The summed E-state index contributed by atoms with van der Waals surface area (Å²) in [6.45, 7) is 1.99. The SMILES string of the molecule is CSC1=C(C(=O)O)N2C(=O)[C@H]([C@@H](C)O)[C@H]2[C@H]1CCN. The minimum absolute atomic E-state index is 0.0675. The second-order valence-corrected chi connectivity index (χ2v) is 5.72. The van der Waals surface area contributed by atoms with Crippen LogP contribution in [0.2, 0.25) is 0 Å². The lowest BCUT2D eigenvalue weighted by Crippen LogP contribution is -2.64. The molecule has 0 aromatic rings. The third-order valence-corrected chi connectivity index (χ3v) is 4.77. The molecular weight excluding hydrogens is 268 g/mol. The number of rotatable bonds is 5. The lowest BCUT2D eigenvalue weighted by Gasteiger charge is -2.47. The van der Waals surface area contributed by atoms with Crippen LogP contribution in [0.4, 0.5) is 0 Å². The second-order valence-electron chi connectivity index (χ2n) is 4.87. The molecule has 4 N–H and O–H groups in total. The smallest absolute Gasteiger partial charge is 0.353 e. The summed E-state index contributed by atoms with van der Waals surface area (Å²) in [7, 11) is 0. The molecule has 0 aromatic heterocycles. The fourth-order valence-electron chi connectivity index (χ4n) is 3.10. The van der Waals surface area contributed by atoms with Crippen LogP contribution in [0, 0.1) is 11.8 Å². The number of nitrogens with zero attached hydrogens (tertiary/aromatic N) is 1. The minimum Gasteiger partial charge on any atom is -0.477 e. The van der Waals surface area contributed by atoms with Gasteiger partial charge in [0, 0.05) is 10.8 Å². The van der Waals surface area contributed by atoms with Crippen LogP contribution in [0.25, 0.3) is 0 Å². The number of fused-ring (bicyclic) bond motifs is 1. The van der Waals surface area contributed by atoms with Crippen molar-refractivity contribution in [3.05, 3.63) is 10.6 Å². The molecule has 6 nitrogen and oxygen atoms in total. The number of aliphatic hydroxyl groups is 1. The molecule has 4 atom stereocenters. The van der Waals surface area contributed by atoms with Crippen molar-refractivity contribution in [3.63, 3.8) is 0 Å². The van der Waals surface area contributed by atoms with Crippen molar-refractivity contribution in [2.24, 2.45) is 17.6 Å². The van der Waals surface area contributed by atoms with E-state index in [-0.39, 0.29) is 23.6 Å². The standard InChI is InChI=1S/C12H18N2O4S/c1-5(15)7-8-6(3-4-13)10(19-2)9(12(17)18)14(8)11(7)16/h5-8,15H,3-4,13H2,1-2H3,(H,17,18)/t5-,6-,7-,8-/m1/s1. The van der Waals surface area contributed by atoms with E-state index in [1.807, 2.05) is 0 Å². The maximum absolute atomic E-state index is 12.0. The van der Waals surface area contributed by atoms with E-state index in [9.17, 15) is 19.8 Å². The quantitative estimate of drug-likeness (QED) is 0.606. The zero-order valence-electron chi connectivity index (χ0n) is 10.9. The molecule has 1 fully saturated rings. The first-order chi connectivity index (χ1) is 8.95. The largest absolute Gasteiger partial charge is 0.477 e. The van der Waals surface area contributed by atoms with Crippen LogP contribution in [-0.4, -0.2) is 51.9 Å². The zero-order chi connectivity index (χ0) is 14.3. The summed E-state index contributed by atoms with van der Waals surface area (Å²) in [6.07, 6.45) is 1.64. The van der Waals surface area contributed by atoms with Crippen molar-refractivity contribution >= 4 is 23.6 Å². The van der Waals surface area contributed by atoms with Crippen LogP contribution in [0.1, 0.15) is 13.3 Å². The number of amides is 1. The minimum atomic E-state index is -1.09. The van der Waals surface area contributed by atoms with Gasteiger partial charge in [0.2, 0.25) is 5.91 Å². The number of β-lactam (4-membered cyclic amide) rings is 1. The molecule has 0 bridgehead atoms.